The molecule has 0 saturated heterocycles. The van der Waals surface area contributed by atoms with Gasteiger partial charge in [-0.15, -0.1) is 0 Å². The number of ether oxygens (including phenoxy) is 2. The number of thiazole rings is 1. The van der Waals surface area contributed by atoms with E-state index in [0.29, 0.717) is 28.7 Å². The third-order valence-corrected chi connectivity index (χ3v) is 5.35. The zero-order valence-electron chi connectivity index (χ0n) is 15.8. The minimum atomic E-state index is -0.170. The van der Waals surface area contributed by atoms with Gasteiger partial charge in [0.05, 0.1) is 20.8 Å². The maximum atomic E-state index is 13.1. The summed E-state index contributed by atoms with van der Waals surface area (Å²) in [5, 5.41) is 4.56. The summed E-state index contributed by atoms with van der Waals surface area (Å²) in [6, 6.07) is 7.37. The van der Waals surface area contributed by atoms with E-state index in [0.717, 1.165) is 10.3 Å². The van der Waals surface area contributed by atoms with E-state index in [-0.39, 0.29) is 12.5 Å². The Balaban J connectivity index is 1.76. The molecule has 4 rings (SSSR count). The molecule has 0 saturated carbocycles. The topological polar surface area (TPSA) is 95.3 Å². The molecule has 0 spiro atoms. The van der Waals surface area contributed by atoms with Gasteiger partial charge in [0.2, 0.25) is 0 Å². The van der Waals surface area contributed by atoms with Crippen molar-refractivity contribution in [2.24, 2.45) is 0 Å². The summed E-state index contributed by atoms with van der Waals surface area (Å²) < 4.78 is 13.2. The molecule has 0 aliphatic heterocycles. The molecule has 1 amide bonds. The van der Waals surface area contributed by atoms with Crippen molar-refractivity contribution in [1.82, 2.24) is 24.7 Å². The average molecular weight is 410 g/mol. The van der Waals surface area contributed by atoms with Crippen molar-refractivity contribution in [2.45, 2.75) is 13.1 Å². The zero-order valence-corrected chi connectivity index (χ0v) is 16.7. The van der Waals surface area contributed by atoms with Gasteiger partial charge in [0.1, 0.15) is 40.9 Å². The molecule has 0 N–H and O–H groups in total. The second kappa shape index (κ2) is 8.23. The first-order valence-electron chi connectivity index (χ1n) is 8.73. The number of rotatable bonds is 7. The first kappa shape index (κ1) is 18.8. The predicted molar refractivity (Wildman–Crippen MR) is 108 cm³/mol. The Morgan fingerprint density at radius 1 is 1.17 bits per heavy atom. The fourth-order valence-electron chi connectivity index (χ4n) is 2.86. The van der Waals surface area contributed by atoms with Crippen LogP contribution in [0.2, 0.25) is 0 Å². The highest BCUT2D eigenvalue weighted by molar-refractivity contribution is 7.22. The second-order valence-electron chi connectivity index (χ2n) is 6.08. The van der Waals surface area contributed by atoms with Crippen LogP contribution >= 0.6 is 11.3 Å². The summed E-state index contributed by atoms with van der Waals surface area (Å²) in [6.07, 6.45) is 6.32. The summed E-state index contributed by atoms with van der Waals surface area (Å²) >= 11 is 1.37. The lowest BCUT2D eigenvalue weighted by molar-refractivity contribution is -0.119. The van der Waals surface area contributed by atoms with E-state index in [1.807, 2.05) is 18.2 Å². The van der Waals surface area contributed by atoms with Crippen molar-refractivity contribution in [3.63, 3.8) is 0 Å². The molecule has 3 aromatic heterocycles. The predicted octanol–water partition coefficient (Wildman–Crippen LogP) is 2.53. The van der Waals surface area contributed by atoms with Gasteiger partial charge in [-0.3, -0.25) is 14.7 Å². The maximum absolute atomic E-state index is 13.1. The lowest BCUT2D eigenvalue weighted by atomic mass is 10.2. The van der Waals surface area contributed by atoms with Crippen LogP contribution in [0.15, 0.2) is 49.3 Å². The Labute approximate surface area is 170 Å². The fraction of sp³-hybridized carbons (Fsp3) is 0.211. The zero-order chi connectivity index (χ0) is 20.2. The first-order valence-corrected chi connectivity index (χ1v) is 9.54. The largest absolute Gasteiger partial charge is 0.495 e. The van der Waals surface area contributed by atoms with Gasteiger partial charge in [0, 0.05) is 12.4 Å². The minimum Gasteiger partial charge on any atom is -0.495 e. The van der Waals surface area contributed by atoms with Crippen LogP contribution in [-0.2, 0) is 17.9 Å². The van der Waals surface area contributed by atoms with Gasteiger partial charge in [-0.25, -0.2) is 14.6 Å². The summed E-state index contributed by atoms with van der Waals surface area (Å²) in [5.41, 5.74) is 1.54. The molecule has 3 heterocycles. The van der Waals surface area contributed by atoms with Crippen LogP contribution < -0.4 is 14.4 Å². The van der Waals surface area contributed by atoms with Crippen molar-refractivity contribution in [1.29, 1.82) is 0 Å². The van der Waals surface area contributed by atoms with Crippen LogP contribution in [-0.4, -0.2) is 44.9 Å². The SMILES string of the molecule is COc1ccc(OC)c2sc(N(Cc3cccnc3)C(=O)Cn3cncn3)nc12. The number of fused-ring (bicyclic) bond motifs is 1. The monoisotopic (exact) mass is 410 g/mol. The molecule has 29 heavy (non-hydrogen) atoms. The van der Waals surface area contributed by atoms with Gasteiger partial charge in [0.25, 0.3) is 5.91 Å². The summed E-state index contributed by atoms with van der Waals surface area (Å²) in [5.74, 6) is 1.12. The van der Waals surface area contributed by atoms with Gasteiger partial charge >= 0.3 is 0 Å². The highest BCUT2D eigenvalue weighted by Crippen LogP contribution is 2.40. The van der Waals surface area contributed by atoms with E-state index in [4.69, 9.17) is 14.5 Å². The van der Waals surface area contributed by atoms with Crippen LogP contribution in [0.3, 0.4) is 0 Å². The Hall–Kier alpha value is -3.53. The maximum Gasteiger partial charge on any atom is 0.250 e. The molecule has 4 aromatic rings. The van der Waals surface area contributed by atoms with Gasteiger partial charge < -0.3 is 9.47 Å². The number of hydrogen-bond donors (Lipinski definition) is 0. The number of aromatic nitrogens is 5. The van der Waals surface area contributed by atoms with E-state index in [2.05, 4.69) is 15.1 Å². The number of nitrogens with zero attached hydrogens (tertiary/aromatic N) is 6. The highest BCUT2D eigenvalue weighted by Gasteiger charge is 2.23. The number of carbonyl (C=O) groups excluding carboxylic acids is 1. The minimum absolute atomic E-state index is 0.0461. The van der Waals surface area contributed by atoms with E-state index < -0.39 is 0 Å². The Kier molecular flexibility index (Phi) is 5.34. The fourth-order valence-corrected chi connectivity index (χ4v) is 3.96. The van der Waals surface area contributed by atoms with E-state index >= 15 is 0 Å². The van der Waals surface area contributed by atoms with E-state index in [1.54, 1.807) is 37.6 Å². The number of benzene rings is 1. The number of pyridine rings is 1. The van der Waals surface area contributed by atoms with E-state index in [1.165, 1.54) is 28.7 Å². The van der Waals surface area contributed by atoms with Gasteiger partial charge in [-0.2, -0.15) is 5.10 Å². The molecule has 0 bridgehead atoms. The molecule has 0 unspecified atom stereocenters. The van der Waals surface area contributed by atoms with Crippen molar-refractivity contribution in [3.8, 4) is 11.5 Å². The average Bonchev–Trinajstić information content (AvgIpc) is 3.42. The number of anilines is 1. The van der Waals surface area contributed by atoms with Gasteiger partial charge in [-0.05, 0) is 23.8 Å². The molecule has 148 valence electrons. The molecule has 1 aromatic carbocycles. The molecular formula is C19H18N6O3S. The third kappa shape index (κ3) is 3.87. The van der Waals surface area contributed by atoms with Crippen LogP contribution in [0.4, 0.5) is 5.13 Å². The molecule has 10 heteroatoms. The molecular weight excluding hydrogens is 392 g/mol. The van der Waals surface area contributed by atoms with Crippen molar-refractivity contribution in [3.05, 3.63) is 54.9 Å². The van der Waals surface area contributed by atoms with Crippen LogP contribution in [0, 0.1) is 0 Å². The number of amides is 1. The number of hydrogen-bond acceptors (Lipinski definition) is 8. The first-order chi connectivity index (χ1) is 14.2. The second-order valence-corrected chi connectivity index (χ2v) is 7.06. The molecule has 0 atom stereocenters. The summed E-state index contributed by atoms with van der Waals surface area (Å²) in [7, 11) is 3.19. The third-order valence-electron chi connectivity index (χ3n) is 4.26. The Morgan fingerprint density at radius 2 is 2.00 bits per heavy atom. The standard InChI is InChI=1S/C19H18N6O3S/c1-27-14-5-6-15(28-2)18-17(14)23-19(29-18)25(9-13-4-3-7-20-8-13)16(26)10-24-12-21-11-22-24/h3-8,11-12H,9-10H2,1-2H3. The quantitative estimate of drug-likeness (QED) is 0.462. The van der Waals surface area contributed by atoms with Crippen LogP contribution in [0.25, 0.3) is 10.2 Å². The van der Waals surface area contributed by atoms with Crippen LogP contribution in [0.5, 0.6) is 11.5 Å². The van der Waals surface area contributed by atoms with Gasteiger partial charge in [0.15, 0.2) is 5.13 Å². The Bertz CT molecular complexity index is 1070. The Morgan fingerprint density at radius 3 is 2.69 bits per heavy atom. The van der Waals surface area contributed by atoms with Gasteiger partial charge in [-0.1, -0.05) is 17.4 Å². The molecule has 0 aliphatic rings. The number of carbonyl (C=O) groups is 1. The van der Waals surface area contributed by atoms with Crippen molar-refractivity contribution in [2.75, 3.05) is 19.1 Å². The lowest BCUT2D eigenvalue weighted by Gasteiger charge is -2.19. The molecule has 0 fully saturated rings. The smallest absolute Gasteiger partial charge is 0.250 e. The number of methoxy groups -OCH3 is 2. The molecule has 9 nitrogen and oxygen atoms in total. The van der Waals surface area contributed by atoms with Crippen LogP contribution in [0.1, 0.15) is 5.56 Å². The van der Waals surface area contributed by atoms with Crippen molar-refractivity contribution >= 4 is 32.6 Å². The summed E-state index contributed by atoms with van der Waals surface area (Å²) in [6.45, 7) is 0.371. The highest BCUT2D eigenvalue weighted by atomic mass is 32.1. The van der Waals surface area contributed by atoms with E-state index in [9.17, 15) is 4.79 Å². The van der Waals surface area contributed by atoms with Crippen molar-refractivity contribution < 1.29 is 14.3 Å². The summed E-state index contributed by atoms with van der Waals surface area (Å²) in [4.78, 5) is 27.5. The molecule has 0 radical (unpaired) electrons. The molecule has 0 aliphatic carbocycles. The lowest BCUT2D eigenvalue weighted by Crippen LogP contribution is -2.33. The normalized spacial score (nSPS) is 10.8.